The van der Waals surface area contributed by atoms with Crippen molar-refractivity contribution in [1.82, 2.24) is 4.90 Å². The molecule has 174 valence electrons. The van der Waals surface area contributed by atoms with E-state index in [0.717, 1.165) is 52.6 Å². The van der Waals surface area contributed by atoms with Gasteiger partial charge in [-0.2, -0.15) is 5.26 Å². The number of hydrogen-bond acceptors (Lipinski definition) is 4. The molecule has 0 amide bonds. The molecule has 1 fully saturated rings. The van der Waals surface area contributed by atoms with Crippen LogP contribution in [0.2, 0.25) is 5.02 Å². The molecule has 1 aliphatic carbocycles. The monoisotopic (exact) mass is 482 g/mol. The molecule has 0 radical (unpaired) electrons. The molecule has 3 aromatic carbocycles. The molecule has 2 aliphatic rings. The van der Waals surface area contributed by atoms with Crippen molar-refractivity contribution in [3.8, 4) is 28.5 Å². The minimum absolute atomic E-state index is 0.134. The summed E-state index contributed by atoms with van der Waals surface area (Å²) in [7, 11) is 0. The molecule has 2 heterocycles. The lowest BCUT2D eigenvalue weighted by atomic mass is 9.99. The van der Waals surface area contributed by atoms with Gasteiger partial charge in [-0.15, -0.1) is 0 Å². The number of rotatable bonds is 4. The molecule has 35 heavy (non-hydrogen) atoms. The number of furan rings is 1. The van der Waals surface area contributed by atoms with Gasteiger partial charge in [0.2, 0.25) is 0 Å². The van der Waals surface area contributed by atoms with Crippen LogP contribution >= 0.6 is 11.6 Å². The fraction of sp³-hybridized carbons (Fsp3) is 0.241. The summed E-state index contributed by atoms with van der Waals surface area (Å²) in [5, 5.41) is 21.0. The molecule has 0 bridgehead atoms. The Bertz CT molecular complexity index is 1500. The van der Waals surface area contributed by atoms with E-state index >= 15 is 0 Å². The number of aliphatic carboxylic acids is 1. The highest BCUT2D eigenvalue weighted by molar-refractivity contribution is 6.36. The molecule has 2 atom stereocenters. The highest BCUT2D eigenvalue weighted by Gasteiger charge is 2.37. The molecule has 4 aromatic rings. The van der Waals surface area contributed by atoms with Crippen molar-refractivity contribution in [2.45, 2.75) is 25.3 Å². The molecule has 6 rings (SSSR count). The highest BCUT2D eigenvalue weighted by Crippen LogP contribution is 2.45. The third-order valence-corrected chi connectivity index (χ3v) is 7.85. The molecule has 1 aliphatic heterocycles. The van der Waals surface area contributed by atoms with Crippen LogP contribution in [0.15, 0.2) is 65.1 Å². The van der Waals surface area contributed by atoms with Gasteiger partial charge in [-0.05, 0) is 60.7 Å². The van der Waals surface area contributed by atoms with Crippen LogP contribution in [0.25, 0.3) is 33.4 Å². The van der Waals surface area contributed by atoms with Crippen LogP contribution in [-0.4, -0.2) is 29.1 Å². The van der Waals surface area contributed by atoms with E-state index in [0.29, 0.717) is 34.9 Å². The number of carboxylic acid groups (broad SMARTS) is 1. The molecular formula is C29H23ClN2O3. The lowest BCUT2D eigenvalue weighted by molar-refractivity contribution is -0.141. The summed E-state index contributed by atoms with van der Waals surface area (Å²) in [4.78, 5) is 13.7. The number of likely N-dealkylation sites (tertiary alicyclic amines) is 1. The van der Waals surface area contributed by atoms with E-state index in [1.807, 2.05) is 54.6 Å². The number of carboxylic acids is 1. The van der Waals surface area contributed by atoms with Gasteiger partial charge in [-0.25, -0.2) is 0 Å². The van der Waals surface area contributed by atoms with Gasteiger partial charge in [0.1, 0.15) is 11.8 Å². The first kappa shape index (κ1) is 21.9. The maximum absolute atomic E-state index is 11.5. The average Bonchev–Trinajstić information content (AvgIpc) is 3.61. The van der Waals surface area contributed by atoms with Crippen molar-refractivity contribution in [3.63, 3.8) is 0 Å². The van der Waals surface area contributed by atoms with Crippen LogP contribution in [0, 0.1) is 17.2 Å². The average molecular weight is 483 g/mol. The molecule has 6 heteroatoms. The first-order valence-corrected chi connectivity index (χ1v) is 12.2. The summed E-state index contributed by atoms with van der Waals surface area (Å²) in [6, 6.07) is 22.5. The fourth-order valence-electron chi connectivity index (χ4n) is 5.71. The molecule has 5 nitrogen and oxygen atoms in total. The second kappa shape index (κ2) is 8.57. The van der Waals surface area contributed by atoms with E-state index in [1.165, 1.54) is 0 Å². The van der Waals surface area contributed by atoms with Crippen LogP contribution in [0.3, 0.4) is 0 Å². The van der Waals surface area contributed by atoms with Crippen molar-refractivity contribution in [2.75, 3.05) is 13.1 Å². The Labute approximate surface area is 208 Å². The zero-order valence-corrected chi connectivity index (χ0v) is 19.8. The number of halogens is 1. The Morgan fingerprint density at radius 2 is 1.89 bits per heavy atom. The SMILES string of the molecule is N#Cc1c2c(cc3cc(-c4cccc(-c5ccccc5)c4Cl)oc13)C(N1CCC(C(=O)O)C1)CC2. The van der Waals surface area contributed by atoms with Gasteiger partial charge in [-0.3, -0.25) is 9.69 Å². The summed E-state index contributed by atoms with van der Waals surface area (Å²) >= 11 is 6.85. The quantitative estimate of drug-likeness (QED) is 0.351. The van der Waals surface area contributed by atoms with Crippen molar-refractivity contribution >= 4 is 28.5 Å². The summed E-state index contributed by atoms with van der Waals surface area (Å²) in [6.45, 7) is 1.32. The highest BCUT2D eigenvalue weighted by atomic mass is 35.5. The summed E-state index contributed by atoms with van der Waals surface area (Å²) < 4.78 is 6.28. The maximum Gasteiger partial charge on any atom is 0.307 e. The molecule has 0 saturated carbocycles. The Hall–Kier alpha value is -3.59. The van der Waals surface area contributed by atoms with E-state index in [9.17, 15) is 15.2 Å². The number of nitriles is 1. The number of fused-ring (bicyclic) bond motifs is 2. The molecule has 2 unspecified atom stereocenters. The number of nitrogens with zero attached hydrogens (tertiary/aromatic N) is 2. The Morgan fingerprint density at radius 3 is 2.63 bits per heavy atom. The zero-order chi connectivity index (χ0) is 24.1. The van der Waals surface area contributed by atoms with E-state index in [2.05, 4.69) is 17.0 Å². The van der Waals surface area contributed by atoms with Crippen molar-refractivity contribution in [3.05, 3.63) is 82.4 Å². The van der Waals surface area contributed by atoms with Gasteiger partial charge in [0.15, 0.2) is 5.58 Å². The summed E-state index contributed by atoms with van der Waals surface area (Å²) in [6.07, 6.45) is 2.34. The second-order valence-corrected chi connectivity index (χ2v) is 9.74. The van der Waals surface area contributed by atoms with E-state index in [1.54, 1.807) is 0 Å². The van der Waals surface area contributed by atoms with Crippen molar-refractivity contribution in [1.29, 1.82) is 5.26 Å². The lowest BCUT2D eigenvalue weighted by Gasteiger charge is -2.24. The largest absolute Gasteiger partial charge is 0.481 e. The predicted octanol–water partition coefficient (Wildman–Crippen LogP) is 6.69. The Balaban J connectivity index is 1.43. The van der Waals surface area contributed by atoms with Gasteiger partial charge in [-0.1, -0.05) is 54.1 Å². The Morgan fingerprint density at radius 1 is 1.09 bits per heavy atom. The first-order valence-electron chi connectivity index (χ1n) is 11.9. The second-order valence-electron chi connectivity index (χ2n) is 9.37. The van der Waals surface area contributed by atoms with Gasteiger partial charge >= 0.3 is 5.97 Å². The molecule has 0 spiro atoms. The predicted molar refractivity (Wildman–Crippen MR) is 135 cm³/mol. The van der Waals surface area contributed by atoms with Crippen LogP contribution in [0.4, 0.5) is 0 Å². The topological polar surface area (TPSA) is 77.5 Å². The third-order valence-electron chi connectivity index (χ3n) is 7.45. The molecule has 1 N–H and O–H groups in total. The summed E-state index contributed by atoms with van der Waals surface area (Å²) in [5.41, 5.74) is 6.05. The molecule has 1 aromatic heterocycles. The normalized spacial score (nSPS) is 19.7. The minimum atomic E-state index is -0.729. The van der Waals surface area contributed by atoms with Gasteiger partial charge in [0.05, 0.1) is 16.5 Å². The molecular weight excluding hydrogens is 460 g/mol. The number of hydrogen-bond donors (Lipinski definition) is 1. The van der Waals surface area contributed by atoms with Crippen molar-refractivity contribution in [2.24, 2.45) is 5.92 Å². The van der Waals surface area contributed by atoms with Crippen LogP contribution in [-0.2, 0) is 11.2 Å². The zero-order valence-electron chi connectivity index (χ0n) is 19.0. The van der Waals surface area contributed by atoms with E-state index in [4.69, 9.17) is 16.0 Å². The standard InChI is InChI=1S/C29H23ClN2O3/c30-27-20(17-5-2-1-3-6-17)7-4-8-22(27)26-14-19-13-23-21(24(15-31)28(19)35-26)9-10-25(23)32-12-11-18(16-32)29(33)34/h1-8,13-14,18,25H,9-12,16H2,(H,33,34). The lowest BCUT2D eigenvalue weighted by Crippen LogP contribution is -2.26. The smallest absolute Gasteiger partial charge is 0.307 e. The molecule has 1 saturated heterocycles. The third kappa shape index (κ3) is 3.61. The van der Waals surface area contributed by atoms with Crippen molar-refractivity contribution < 1.29 is 14.3 Å². The van der Waals surface area contributed by atoms with Gasteiger partial charge in [0, 0.05) is 29.1 Å². The minimum Gasteiger partial charge on any atom is -0.481 e. The van der Waals surface area contributed by atoms with E-state index < -0.39 is 5.97 Å². The number of benzene rings is 3. The van der Waals surface area contributed by atoms with Gasteiger partial charge in [0.25, 0.3) is 0 Å². The van der Waals surface area contributed by atoms with Crippen LogP contribution in [0.5, 0.6) is 0 Å². The summed E-state index contributed by atoms with van der Waals surface area (Å²) in [5.74, 6) is -0.419. The first-order chi connectivity index (χ1) is 17.0. The Kier molecular flexibility index (Phi) is 5.36. The maximum atomic E-state index is 11.5. The van der Waals surface area contributed by atoms with E-state index in [-0.39, 0.29) is 12.0 Å². The number of carbonyl (C=O) groups is 1. The van der Waals surface area contributed by atoms with Gasteiger partial charge < -0.3 is 9.52 Å². The van der Waals surface area contributed by atoms with Crippen LogP contribution < -0.4 is 0 Å². The fourth-order valence-corrected chi connectivity index (χ4v) is 6.04. The van der Waals surface area contributed by atoms with Crippen LogP contribution in [0.1, 0.15) is 35.6 Å².